The minimum Gasteiger partial charge on any atom is -0.313 e. The number of hydrogen-bond acceptors (Lipinski definition) is 2. The second-order valence-corrected chi connectivity index (χ2v) is 6.36. The predicted molar refractivity (Wildman–Crippen MR) is 83.0 cm³/mol. The highest BCUT2D eigenvalue weighted by molar-refractivity contribution is 6.34. The average Bonchev–Trinajstić information content (AvgIpc) is 2.36. The van der Waals surface area contributed by atoms with Gasteiger partial charge in [-0.3, -0.25) is 0 Å². The van der Waals surface area contributed by atoms with Crippen molar-refractivity contribution in [2.45, 2.75) is 25.8 Å². The van der Waals surface area contributed by atoms with Crippen molar-refractivity contribution in [3.8, 4) is 0 Å². The monoisotopic (exact) mass is 300 g/mol. The third-order valence-corrected chi connectivity index (χ3v) is 4.26. The molecular weight excluding hydrogens is 279 g/mol. The molecule has 1 heterocycles. The third-order valence-electron chi connectivity index (χ3n) is 3.82. The first kappa shape index (κ1) is 15.1. The zero-order valence-electron chi connectivity index (χ0n) is 11.5. The smallest absolute Gasteiger partial charge is 0.0424 e. The van der Waals surface area contributed by atoms with Crippen molar-refractivity contribution in [3.63, 3.8) is 0 Å². The quantitative estimate of drug-likeness (QED) is 0.832. The molecule has 0 aliphatic carbocycles. The van der Waals surface area contributed by atoms with Crippen molar-refractivity contribution in [1.29, 1.82) is 0 Å². The molecule has 1 fully saturated rings. The summed E-state index contributed by atoms with van der Waals surface area (Å²) in [4.78, 5) is 2.41. The molecule has 0 radical (unpaired) electrons. The minimum absolute atomic E-state index is 0.708. The summed E-state index contributed by atoms with van der Waals surface area (Å²) in [5, 5.41) is 4.90. The van der Waals surface area contributed by atoms with Crippen LogP contribution in [0.2, 0.25) is 10.0 Å². The maximum atomic E-state index is 5.98. The van der Waals surface area contributed by atoms with Crippen molar-refractivity contribution >= 4 is 23.2 Å². The molecule has 1 aliphatic heterocycles. The Balaban J connectivity index is 1.66. The van der Waals surface area contributed by atoms with Crippen molar-refractivity contribution in [2.75, 3.05) is 26.7 Å². The van der Waals surface area contributed by atoms with Crippen LogP contribution in [0.15, 0.2) is 18.2 Å². The maximum absolute atomic E-state index is 5.98. The van der Waals surface area contributed by atoms with Crippen LogP contribution in [0.25, 0.3) is 0 Å². The van der Waals surface area contributed by atoms with Crippen LogP contribution in [0, 0.1) is 5.92 Å². The number of hydrogen-bond donors (Lipinski definition) is 1. The Kier molecular flexibility index (Phi) is 5.96. The van der Waals surface area contributed by atoms with Crippen molar-refractivity contribution in [3.05, 3.63) is 33.8 Å². The fourth-order valence-electron chi connectivity index (χ4n) is 2.60. The van der Waals surface area contributed by atoms with E-state index >= 15 is 0 Å². The lowest BCUT2D eigenvalue weighted by Gasteiger charge is -2.28. The van der Waals surface area contributed by atoms with E-state index in [0.29, 0.717) is 10.0 Å². The fraction of sp³-hybridized carbons (Fsp3) is 0.600. The van der Waals surface area contributed by atoms with E-state index in [4.69, 9.17) is 23.2 Å². The van der Waals surface area contributed by atoms with Gasteiger partial charge < -0.3 is 10.2 Å². The van der Waals surface area contributed by atoms with Crippen LogP contribution < -0.4 is 5.32 Å². The maximum Gasteiger partial charge on any atom is 0.0424 e. The summed E-state index contributed by atoms with van der Waals surface area (Å²) < 4.78 is 0. The van der Waals surface area contributed by atoms with Crippen LogP contribution in [0.5, 0.6) is 0 Å². The SMILES string of the molecule is CN1CCC(CCNCc2cc(Cl)cc(Cl)c2)CC1. The number of likely N-dealkylation sites (tertiary alicyclic amines) is 1. The van der Waals surface area contributed by atoms with E-state index in [1.165, 1.54) is 32.4 Å². The molecule has 1 aromatic carbocycles. The molecule has 1 N–H and O–H groups in total. The summed E-state index contributed by atoms with van der Waals surface area (Å²) in [7, 11) is 2.21. The van der Waals surface area contributed by atoms with E-state index in [2.05, 4.69) is 17.3 Å². The van der Waals surface area contributed by atoms with Crippen molar-refractivity contribution in [1.82, 2.24) is 10.2 Å². The molecule has 1 aliphatic rings. The van der Waals surface area contributed by atoms with E-state index in [-0.39, 0.29) is 0 Å². The molecule has 0 unspecified atom stereocenters. The summed E-state index contributed by atoms with van der Waals surface area (Å²) in [6.45, 7) is 4.40. The van der Waals surface area contributed by atoms with E-state index in [1.54, 1.807) is 6.07 Å². The second-order valence-electron chi connectivity index (χ2n) is 5.49. The number of rotatable bonds is 5. The molecule has 0 amide bonds. The molecule has 0 bridgehead atoms. The van der Waals surface area contributed by atoms with Gasteiger partial charge >= 0.3 is 0 Å². The van der Waals surface area contributed by atoms with Gasteiger partial charge in [-0.1, -0.05) is 23.2 Å². The van der Waals surface area contributed by atoms with Gasteiger partial charge in [-0.15, -0.1) is 0 Å². The molecule has 106 valence electrons. The van der Waals surface area contributed by atoms with Gasteiger partial charge in [0.2, 0.25) is 0 Å². The van der Waals surface area contributed by atoms with Gasteiger partial charge in [0.1, 0.15) is 0 Å². The van der Waals surface area contributed by atoms with Gasteiger partial charge in [-0.25, -0.2) is 0 Å². The Hall–Kier alpha value is -0.280. The zero-order valence-corrected chi connectivity index (χ0v) is 13.0. The lowest BCUT2D eigenvalue weighted by atomic mass is 9.94. The Morgan fingerprint density at radius 3 is 2.42 bits per heavy atom. The second kappa shape index (κ2) is 7.49. The zero-order chi connectivity index (χ0) is 13.7. The van der Waals surface area contributed by atoms with Gasteiger partial charge in [0.05, 0.1) is 0 Å². The highest BCUT2D eigenvalue weighted by Crippen LogP contribution is 2.20. The molecular formula is C15H22Cl2N2. The van der Waals surface area contributed by atoms with Gasteiger partial charge in [0.25, 0.3) is 0 Å². The summed E-state index contributed by atoms with van der Waals surface area (Å²) in [5.41, 5.74) is 1.15. The van der Waals surface area contributed by atoms with Crippen molar-refractivity contribution < 1.29 is 0 Å². The van der Waals surface area contributed by atoms with Crippen LogP contribution in [0.3, 0.4) is 0 Å². The molecule has 0 spiro atoms. The standard InChI is InChI=1S/C15H22Cl2N2/c1-19-6-3-12(4-7-19)2-5-18-11-13-8-14(16)10-15(17)9-13/h8-10,12,18H,2-7,11H2,1H3. The Bertz CT molecular complexity index is 381. The van der Waals surface area contributed by atoms with Gasteiger partial charge in [-0.2, -0.15) is 0 Å². The van der Waals surface area contributed by atoms with Crippen LogP contribution in [-0.4, -0.2) is 31.6 Å². The topological polar surface area (TPSA) is 15.3 Å². The fourth-order valence-corrected chi connectivity index (χ4v) is 3.17. The number of nitrogens with zero attached hydrogens (tertiary/aromatic N) is 1. The van der Waals surface area contributed by atoms with Crippen LogP contribution in [-0.2, 0) is 6.54 Å². The highest BCUT2D eigenvalue weighted by atomic mass is 35.5. The van der Waals surface area contributed by atoms with E-state index in [9.17, 15) is 0 Å². The Labute approximate surface area is 126 Å². The predicted octanol–water partition coefficient (Wildman–Crippen LogP) is 3.81. The van der Waals surface area contributed by atoms with Gasteiger partial charge in [0, 0.05) is 16.6 Å². The largest absolute Gasteiger partial charge is 0.313 e. The van der Waals surface area contributed by atoms with Crippen LogP contribution in [0.1, 0.15) is 24.8 Å². The van der Waals surface area contributed by atoms with E-state index < -0.39 is 0 Å². The van der Waals surface area contributed by atoms with Crippen LogP contribution >= 0.6 is 23.2 Å². The van der Waals surface area contributed by atoms with E-state index in [1.807, 2.05) is 12.1 Å². The molecule has 2 nitrogen and oxygen atoms in total. The first-order valence-corrected chi connectivity index (χ1v) is 7.73. The summed E-state index contributed by atoms with van der Waals surface area (Å²) in [6.07, 6.45) is 3.94. The highest BCUT2D eigenvalue weighted by Gasteiger charge is 2.15. The van der Waals surface area contributed by atoms with Crippen molar-refractivity contribution in [2.24, 2.45) is 5.92 Å². The van der Waals surface area contributed by atoms with E-state index in [0.717, 1.165) is 24.6 Å². The molecule has 0 aromatic heterocycles. The molecule has 1 saturated heterocycles. The minimum atomic E-state index is 0.708. The van der Waals surface area contributed by atoms with Crippen LogP contribution in [0.4, 0.5) is 0 Å². The lowest BCUT2D eigenvalue weighted by molar-refractivity contribution is 0.211. The number of benzene rings is 1. The molecule has 0 atom stereocenters. The molecule has 19 heavy (non-hydrogen) atoms. The first-order chi connectivity index (χ1) is 9.13. The lowest BCUT2D eigenvalue weighted by Crippen LogP contribution is -2.31. The first-order valence-electron chi connectivity index (χ1n) is 6.98. The third kappa shape index (κ3) is 5.31. The average molecular weight is 301 g/mol. The Morgan fingerprint density at radius 2 is 1.79 bits per heavy atom. The molecule has 0 saturated carbocycles. The van der Waals surface area contributed by atoms with Gasteiger partial charge in [0.15, 0.2) is 0 Å². The molecule has 2 rings (SSSR count). The summed E-state index contributed by atoms with van der Waals surface area (Å²) in [5.74, 6) is 0.881. The summed E-state index contributed by atoms with van der Waals surface area (Å²) >= 11 is 12.0. The Morgan fingerprint density at radius 1 is 1.16 bits per heavy atom. The number of halogens is 2. The molecule has 4 heteroatoms. The van der Waals surface area contributed by atoms with Gasteiger partial charge in [-0.05, 0) is 75.6 Å². The molecule has 1 aromatic rings. The number of piperidine rings is 1. The number of nitrogens with one attached hydrogen (secondary N) is 1. The normalized spacial score (nSPS) is 17.8. The summed E-state index contributed by atoms with van der Waals surface area (Å²) in [6, 6.07) is 5.71.